The number of pyridine rings is 1. The number of nitrogens with zero attached hydrogens (tertiary/aromatic N) is 2. The van der Waals surface area contributed by atoms with Crippen LogP contribution in [0.4, 0.5) is 11.5 Å². The van der Waals surface area contributed by atoms with Crippen LogP contribution >= 0.6 is 0 Å². The van der Waals surface area contributed by atoms with Gasteiger partial charge < -0.3 is 5.32 Å². The molecule has 1 aliphatic rings. The summed E-state index contributed by atoms with van der Waals surface area (Å²) in [4.78, 5) is 14.6. The molecule has 84 valence electrons. The number of anilines is 1. The summed E-state index contributed by atoms with van der Waals surface area (Å²) in [6.07, 6.45) is 7.52. The number of nitrogens with one attached hydrogen (secondary N) is 1. The predicted octanol–water partition coefficient (Wildman–Crippen LogP) is 2.43. The normalized spacial score (nSPS) is 15.3. The van der Waals surface area contributed by atoms with Crippen LogP contribution < -0.4 is 5.32 Å². The summed E-state index contributed by atoms with van der Waals surface area (Å²) in [5.74, 6) is 0.374. The molecule has 0 saturated carbocycles. The van der Waals surface area contributed by atoms with Gasteiger partial charge in [0.25, 0.3) is 0 Å². The molecule has 0 spiro atoms. The molecule has 1 N–H and O–H groups in total. The largest absolute Gasteiger partial charge is 0.361 e. The molecule has 16 heavy (non-hydrogen) atoms. The Labute approximate surface area is 93.3 Å². The molecule has 0 saturated heterocycles. The molecule has 1 aromatic rings. The molecule has 0 amide bonds. The summed E-state index contributed by atoms with van der Waals surface area (Å²) in [6.45, 7) is 1.72. The highest BCUT2D eigenvalue weighted by atomic mass is 16.6. The van der Waals surface area contributed by atoms with Crippen molar-refractivity contribution in [1.29, 1.82) is 0 Å². The first-order valence-electron chi connectivity index (χ1n) is 5.20. The Morgan fingerprint density at radius 2 is 2.19 bits per heavy atom. The minimum atomic E-state index is -0.382. The van der Waals surface area contributed by atoms with Gasteiger partial charge in [0.05, 0.1) is 4.92 Å². The highest BCUT2D eigenvalue weighted by molar-refractivity contribution is 5.60. The molecule has 0 atom stereocenters. The van der Waals surface area contributed by atoms with Crippen LogP contribution in [0.3, 0.4) is 0 Å². The zero-order valence-corrected chi connectivity index (χ0v) is 9.01. The number of aryl methyl sites for hydroxylation is 1. The maximum atomic E-state index is 10.9. The predicted molar refractivity (Wildman–Crippen MR) is 61.4 cm³/mol. The van der Waals surface area contributed by atoms with Gasteiger partial charge in [-0.15, -0.1) is 0 Å². The molecule has 2 rings (SSSR count). The highest BCUT2D eigenvalue weighted by Gasteiger charge is 2.21. The average molecular weight is 219 g/mol. The molecule has 5 heteroatoms. The molecule has 0 unspecified atom stereocenters. The SMILES string of the molecule is Cc1ccnc(NC2CC=CC2)c1[N+](=O)[O-]. The van der Waals surface area contributed by atoms with E-state index in [-0.39, 0.29) is 16.7 Å². The highest BCUT2D eigenvalue weighted by Crippen LogP contribution is 2.27. The third-order valence-corrected chi connectivity index (χ3v) is 2.66. The van der Waals surface area contributed by atoms with Crippen LogP contribution in [0.2, 0.25) is 0 Å². The monoisotopic (exact) mass is 219 g/mol. The Balaban J connectivity index is 2.25. The van der Waals surface area contributed by atoms with Crippen LogP contribution in [0.5, 0.6) is 0 Å². The van der Waals surface area contributed by atoms with Crippen LogP contribution in [0.1, 0.15) is 18.4 Å². The fraction of sp³-hybridized carbons (Fsp3) is 0.364. The van der Waals surface area contributed by atoms with Crippen molar-refractivity contribution in [1.82, 2.24) is 4.98 Å². The van der Waals surface area contributed by atoms with E-state index < -0.39 is 0 Å². The smallest absolute Gasteiger partial charge is 0.314 e. The Morgan fingerprint density at radius 1 is 1.50 bits per heavy atom. The third kappa shape index (κ3) is 2.03. The van der Waals surface area contributed by atoms with Crippen LogP contribution in [0.25, 0.3) is 0 Å². The molecular formula is C11H13N3O2. The van der Waals surface area contributed by atoms with Gasteiger partial charge in [0.1, 0.15) is 0 Å². The van der Waals surface area contributed by atoms with E-state index in [0.717, 1.165) is 12.8 Å². The fourth-order valence-electron chi connectivity index (χ4n) is 1.81. The van der Waals surface area contributed by atoms with Gasteiger partial charge in [0, 0.05) is 17.8 Å². The summed E-state index contributed by atoms with van der Waals surface area (Å²) >= 11 is 0. The van der Waals surface area contributed by atoms with Gasteiger partial charge in [-0.25, -0.2) is 4.98 Å². The van der Waals surface area contributed by atoms with E-state index in [1.807, 2.05) is 0 Å². The van der Waals surface area contributed by atoms with Gasteiger partial charge >= 0.3 is 5.69 Å². The summed E-state index contributed by atoms with van der Waals surface area (Å²) < 4.78 is 0. The van der Waals surface area contributed by atoms with Crippen molar-refractivity contribution in [3.05, 3.63) is 40.1 Å². The standard InChI is InChI=1S/C11H13N3O2/c1-8-6-7-12-11(10(8)14(15)16)13-9-4-2-3-5-9/h2-3,6-7,9H,4-5H2,1H3,(H,12,13). The maximum Gasteiger partial charge on any atom is 0.314 e. The van der Waals surface area contributed by atoms with Gasteiger partial charge in [-0.3, -0.25) is 10.1 Å². The Bertz CT molecular complexity index is 435. The van der Waals surface area contributed by atoms with Crippen molar-refractivity contribution in [2.45, 2.75) is 25.8 Å². The summed E-state index contributed by atoms with van der Waals surface area (Å²) in [6, 6.07) is 1.88. The van der Waals surface area contributed by atoms with E-state index in [0.29, 0.717) is 11.4 Å². The van der Waals surface area contributed by atoms with Gasteiger partial charge in [-0.1, -0.05) is 12.2 Å². The molecule has 5 nitrogen and oxygen atoms in total. The van der Waals surface area contributed by atoms with E-state index in [4.69, 9.17) is 0 Å². The first-order valence-corrected chi connectivity index (χ1v) is 5.20. The third-order valence-electron chi connectivity index (χ3n) is 2.66. The van der Waals surface area contributed by atoms with Gasteiger partial charge in [-0.05, 0) is 25.8 Å². The van der Waals surface area contributed by atoms with Crippen molar-refractivity contribution < 1.29 is 4.92 Å². The molecule has 1 aliphatic carbocycles. The van der Waals surface area contributed by atoms with E-state index >= 15 is 0 Å². The summed E-state index contributed by atoms with van der Waals surface area (Å²) in [5, 5.41) is 14.0. The van der Waals surface area contributed by atoms with E-state index in [1.54, 1.807) is 19.2 Å². The molecule has 0 fully saturated rings. The van der Waals surface area contributed by atoms with E-state index in [1.165, 1.54) is 0 Å². The lowest BCUT2D eigenvalue weighted by Gasteiger charge is -2.13. The van der Waals surface area contributed by atoms with Crippen LogP contribution in [0, 0.1) is 17.0 Å². The van der Waals surface area contributed by atoms with Crippen molar-refractivity contribution in [2.24, 2.45) is 0 Å². The molecule has 1 aromatic heterocycles. The second kappa shape index (κ2) is 4.30. The molecule has 0 bridgehead atoms. The summed E-state index contributed by atoms with van der Waals surface area (Å²) in [5.41, 5.74) is 0.711. The fourth-order valence-corrected chi connectivity index (χ4v) is 1.81. The molecule has 0 aromatic carbocycles. The van der Waals surface area contributed by atoms with Crippen molar-refractivity contribution >= 4 is 11.5 Å². The van der Waals surface area contributed by atoms with E-state index in [2.05, 4.69) is 22.5 Å². The summed E-state index contributed by atoms with van der Waals surface area (Å²) in [7, 11) is 0. The van der Waals surface area contributed by atoms with Gasteiger partial charge in [-0.2, -0.15) is 0 Å². The van der Waals surface area contributed by atoms with Crippen LogP contribution in [-0.2, 0) is 0 Å². The molecule has 0 radical (unpaired) electrons. The lowest BCUT2D eigenvalue weighted by Crippen LogP contribution is -2.17. The maximum absolute atomic E-state index is 10.9. The number of nitro groups is 1. The lowest BCUT2D eigenvalue weighted by atomic mass is 10.2. The average Bonchev–Trinajstić information content (AvgIpc) is 2.70. The first kappa shape index (κ1) is 10.6. The van der Waals surface area contributed by atoms with Gasteiger partial charge in [0.2, 0.25) is 5.82 Å². The zero-order valence-electron chi connectivity index (χ0n) is 9.01. The quantitative estimate of drug-likeness (QED) is 0.481. The first-order chi connectivity index (χ1) is 7.68. The van der Waals surface area contributed by atoms with E-state index in [9.17, 15) is 10.1 Å². The van der Waals surface area contributed by atoms with Gasteiger partial charge in [0.15, 0.2) is 0 Å². The van der Waals surface area contributed by atoms with Crippen LogP contribution in [0.15, 0.2) is 24.4 Å². The van der Waals surface area contributed by atoms with Crippen molar-refractivity contribution in [2.75, 3.05) is 5.32 Å². The topological polar surface area (TPSA) is 68.1 Å². The minimum absolute atomic E-state index is 0.0781. The molecular weight excluding hydrogens is 206 g/mol. The second-order valence-corrected chi connectivity index (χ2v) is 3.87. The second-order valence-electron chi connectivity index (χ2n) is 3.87. The number of rotatable bonds is 3. The molecule has 1 heterocycles. The Morgan fingerprint density at radius 3 is 2.81 bits per heavy atom. The lowest BCUT2D eigenvalue weighted by molar-refractivity contribution is -0.384. The Hall–Kier alpha value is -1.91. The molecule has 0 aliphatic heterocycles. The minimum Gasteiger partial charge on any atom is -0.361 e. The Kier molecular flexibility index (Phi) is 2.85. The number of hydrogen-bond donors (Lipinski definition) is 1. The number of aromatic nitrogens is 1. The van der Waals surface area contributed by atoms with Crippen molar-refractivity contribution in [3.8, 4) is 0 Å². The zero-order chi connectivity index (χ0) is 11.5. The number of hydrogen-bond acceptors (Lipinski definition) is 4. The van der Waals surface area contributed by atoms with Crippen molar-refractivity contribution in [3.63, 3.8) is 0 Å². The van der Waals surface area contributed by atoms with Crippen LogP contribution in [-0.4, -0.2) is 15.9 Å².